The molecular weight excluding hydrogens is 420 g/mol. The van der Waals surface area contributed by atoms with Gasteiger partial charge in [-0.3, -0.25) is 14.4 Å². The van der Waals surface area contributed by atoms with Crippen molar-refractivity contribution in [3.05, 3.63) is 35.3 Å². The first kappa shape index (κ1) is 22.2. The van der Waals surface area contributed by atoms with Gasteiger partial charge in [0.25, 0.3) is 0 Å². The fourth-order valence-electron chi connectivity index (χ4n) is 2.13. The van der Waals surface area contributed by atoms with Gasteiger partial charge in [0.1, 0.15) is 0 Å². The van der Waals surface area contributed by atoms with E-state index in [-0.39, 0.29) is 23.5 Å². The molecule has 0 fully saturated rings. The van der Waals surface area contributed by atoms with Crippen LogP contribution in [0.4, 0.5) is 16.5 Å². The third-order valence-electron chi connectivity index (χ3n) is 3.31. The quantitative estimate of drug-likeness (QED) is 0.486. The van der Waals surface area contributed by atoms with Gasteiger partial charge in [-0.1, -0.05) is 0 Å². The van der Waals surface area contributed by atoms with Crippen LogP contribution in [0.3, 0.4) is 0 Å². The highest BCUT2D eigenvalue weighted by Crippen LogP contribution is 2.20. The van der Waals surface area contributed by atoms with Gasteiger partial charge in [0.2, 0.25) is 17.7 Å². The Bertz CT molecular complexity index is 811. The lowest BCUT2D eigenvalue weighted by atomic mass is 10.3. The Morgan fingerprint density at radius 2 is 1.75 bits per heavy atom. The van der Waals surface area contributed by atoms with Crippen molar-refractivity contribution in [2.24, 2.45) is 0 Å². The lowest BCUT2D eigenvalue weighted by Crippen LogP contribution is -2.14. The van der Waals surface area contributed by atoms with Gasteiger partial charge in [0.15, 0.2) is 5.13 Å². The molecule has 1 heterocycles. The topological polar surface area (TPSA) is 100 Å². The SMILES string of the molecule is CC(=O)Nc1ccc(NC(=O)CSCc2csc(NC(=O)CCCCl)n2)cc1. The van der Waals surface area contributed by atoms with Crippen LogP contribution in [0.1, 0.15) is 25.5 Å². The van der Waals surface area contributed by atoms with Crippen molar-refractivity contribution < 1.29 is 14.4 Å². The number of thiazole rings is 1. The number of nitrogens with zero attached hydrogens (tertiary/aromatic N) is 1. The number of nitrogens with one attached hydrogen (secondary N) is 3. The standard InChI is InChI=1S/C18H21ClN4O3S2/c1-12(24)20-13-4-6-14(7-5-13)21-17(26)11-27-9-15-10-28-18(22-15)23-16(25)3-2-8-19/h4-7,10H,2-3,8-9,11H2,1H3,(H,20,24)(H,21,26)(H,22,23,25). The monoisotopic (exact) mass is 440 g/mol. The molecule has 2 rings (SSSR count). The van der Waals surface area contributed by atoms with Crippen LogP contribution in [0.5, 0.6) is 0 Å². The fourth-order valence-corrected chi connectivity index (χ4v) is 3.81. The van der Waals surface area contributed by atoms with Gasteiger partial charge in [-0.2, -0.15) is 0 Å². The lowest BCUT2D eigenvalue weighted by molar-refractivity contribution is -0.116. The van der Waals surface area contributed by atoms with E-state index in [1.54, 1.807) is 24.3 Å². The number of hydrogen-bond donors (Lipinski definition) is 3. The predicted molar refractivity (Wildman–Crippen MR) is 116 cm³/mol. The summed E-state index contributed by atoms with van der Waals surface area (Å²) in [6.07, 6.45) is 1.01. The van der Waals surface area contributed by atoms with Crippen LogP contribution in [-0.2, 0) is 20.1 Å². The average Bonchev–Trinajstić information content (AvgIpc) is 3.08. The molecule has 0 bridgehead atoms. The molecule has 0 spiro atoms. The van der Waals surface area contributed by atoms with Gasteiger partial charge < -0.3 is 16.0 Å². The Morgan fingerprint density at radius 3 is 2.39 bits per heavy atom. The van der Waals surface area contributed by atoms with E-state index in [4.69, 9.17) is 11.6 Å². The minimum absolute atomic E-state index is 0.0990. The van der Waals surface area contributed by atoms with E-state index < -0.39 is 0 Å². The number of halogens is 1. The molecule has 1 aromatic carbocycles. The predicted octanol–water partition coefficient (Wildman–Crippen LogP) is 3.93. The summed E-state index contributed by atoms with van der Waals surface area (Å²) in [7, 11) is 0. The van der Waals surface area contributed by atoms with Gasteiger partial charge in [-0.25, -0.2) is 4.98 Å². The van der Waals surface area contributed by atoms with Crippen molar-refractivity contribution in [2.75, 3.05) is 27.6 Å². The zero-order valence-electron chi connectivity index (χ0n) is 15.3. The van der Waals surface area contributed by atoms with Crippen molar-refractivity contribution in [2.45, 2.75) is 25.5 Å². The Morgan fingerprint density at radius 1 is 1.07 bits per heavy atom. The van der Waals surface area contributed by atoms with Crippen molar-refractivity contribution in [3.8, 4) is 0 Å². The summed E-state index contributed by atoms with van der Waals surface area (Å²) in [4.78, 5) is 39.0. The van der Waals surface area contributed by atoms with Crippen LogP contribution < -0.4 is 16.0 Å². The number of aromatic nitrogens is 1. The highest BCUT2D eigenvalue weighted by atomic mass is 35.5. The molecule has 3 amide bonds. The van der Waals surface area contributed by atoms with Crippen LogP contribution in [-0.4, -0.2) is 34.3 Å². The van der Waals surface area contributed by atoms with Crippen molar-refractivity contribution in [3.63, 3.8) is 0 Å². The van der Waals surface area contributed by atoms with Crippen LogP contribution in [0.2, 0.25) is 0 Å². The first-order valence-electron chi connectivity index (χ1n) is 8.51. The molecule has 0 aliphatic carbocycles. The summed E-state index contributed by atoms with van der Waals surface area (Å²) < 4.78 is 0. The molecule has 0 saturated heterocycles. The fraction of sp³-hybridized carbons (Fsp3) is 0.333. The number of benzene rings is 1. The molecule has 0 aliphatic rings. The van der Waals surface area contributed by atoms with Gasteiger partial charge >= 0.3 is 0 Å². The highest BCUT2D eigenvalue weighted by molar-refractivity contribution is 7.99. The number of thioether (sulfide) groups is 1. The summed E-state index contributed by atoms with van der Waals surface area (Å²) >= 11 is 8.36. The Labute approximate surface area is 176 Å². The molecule has 0 saturated carbocycles. The smallest absolute Gasteiger partial charge is 0.234 e. The Kier molecular flexibility index (Phi) is 9.26. The number of carbonyl (C=O) groups excluding carboxylic acids is 3. The van der Waals surface area contributed by atoms with Gasteiger partial charge in [-0.05, 0) is 30.7 Å². The minimum Gasteiger partial charge on any atom is -0.326 e. The average molecular weight is 441 g/mol. The zero-order valence-corrected chi connectivity index (χ0v) is 17.7. The maximum absolute atomic E-state index is 12.0. The molecule has 0 unspecified atom stereocenters. The third-order valence-corrected chi connectivity index (χ3v) is 5.35. The summed E-state index contributed by atoms with van der Waals surface area (Å²) in [5, 5.41) is 10.6. The minimum atomic E-state index is -0.145. The first-order valence-corrected chi connectivity index (χ1v) is 11.1. The number of amides is 3. The van der Waals surface area contributed by atoms with Crippen LogP contribution in [0.15, 0.2) is 29.6 Å². The molecule has 0 aliphatic heterocycles. The normalized spacial score (nSPS) is 10.4. The summed E-state index contributed by atoms with van der Waals surface area (Å²) in [6.45, 7) is 1.44. The number of hydrogen-bond acceptors (Lipinski definition) is 6. The molecule has 150 valence electrons. The molecule has 7 nitrogen and oxygen atoms in total. The molecule has 28 heavy (non-hydrogen) atoms. The van der Waals surface area contributed by atoms with E-state index in [0.717, 1.165) is 5.69 Å². The lowest BCUT2D eigenvalue weighted by Gasteiger charge is -2.06. The Balaban J connectivity index is 1.70. The second-order valence-electron chi connectivity index (χ2n) is 5.78. The summed E-state index contributed by atoms with van der Waals surface area (Å²) in [5.74, 6) is 0.938. The van der Waals surface area contributed by atoms with Crippen LogP contribution in [0.25, 0.3) is 0 Å². The zero-order chi connectivity index (χ0) is 20.4. The second-order valence-corrected chi connectivity index (χ2v) is 8.01. The summed E-state index contributed by atoms with van der Waals surface area (Å²) in [5.41, 5.74) is 2.15. The van der Waals surface area contributed by atoms with Crippen LogP contribution >= 0.6 is 34.7 Å². The van der Waals surface area contributed by atoms with E-state index in [2.05, 4.69) is 20.9 Å². The van der Waals surface area contributed by atoms with Crippen LogP contribution in [0, 0.1) is 0 Å². The number of rotatable bonds is 10. The van der Waals surface area contributed by atoms with Gasteiger partial charge in [0.05, 0.1) is 11.4 Å². The maximum Gasteiger partial charge on any atom is 0.234 e. The molecule has 0 atom stereocenters. The first-order chi connectivity index (χ1) is 13.5. The molecule has 3 N–H and O–H groups in total. The Hall–Kier alpha value is -2.10. The molecule has 1 aromatic heterocycles. The molecular formula is C18H21ClN4O3S2. The van der Waals surface area contributed by atoms with E-state index >= 15 is 0 Å². The van der Waals surface area contributed by atoms with Gasteiger partial charge in [-0.15, -0.1) is 34.7 Å². The third kappa shape index (κ3) is 8.28. The molecule has 2 aromatic rings. The second kappa shape index (κ2) is 11.7. The highest BCUT2D eigenvalue weighted by Gasteiger charge is 2.08. The van der Waals surface area contributed by atoms with Crippen molar-refractivity contribution in [1.82, 2.24) is 4.98 Å². The number of alkyl halides is 1. The molecule has 10 heteroatoms. The van der Waals surface area contributed by atoms with E-state index in [1.807, 2.05) is 5.38 Å². The number of carbonyl (C=O) groups is 3. The summed E-state index contributed by atoms with van der Waals surface area (Å²) in [6, 6.07) is 6.91. The maximum atomic E-state index is 12.0. The van der Waals surface area contributed by atoms with Crippen molar-refractivity contribution in [1.29, 1.82) is 0 Å². The van der Waals surface area contributed by atoms with Crippen molar-refractivity contribution >= 4 is 68.9 Å². The van der Waals surface area contributed by atoms with E-state index in [0.29, 0.717) is 41.0 Å². The largest absolute Gasteiger partial charge is 0.326 e. The van der Waals surface area contributed by atoms with E-state index in [1.165, 1.54) is 30.0 Å². The molecule has 0 radical (unpaired) electrons. The number of anilines is 3. The van der Waals surface area contributed by atoms with Gasteiger partial charge in [0, 0.05) is 41.7 Å². The van der Waals surface area contributed by atoms with E-state index in [9.17, 15) is 14.4 Å².